The predicted molar refractivity (Wildman–Crippen MR) is 62.1 cm³/mol. The van der Waals surface area contributed by atoms with Gasteiger partial charge in [0.15, 0.2) is 0 Å². The molecule has 2 rings (SSSR count). The summed E-state index contributed by atoms with van der Waals surface area (Å²) in [5.74, 6) is 0.311. The van der Waals surface area contributed by atoms with E-state index in [1.54, 1.807) is 12.4 Å². The Morgan fingerprint density at radius 3 is 2.60 bits per heavy atom. The first kappa shape index (κ1) is 9.97. The molecule has 0 aliphatic carbocycles. The number of aromatic hydroxyl groups is 1. The molecule has 1 N–H and O–H groups in total. The van der Waals surface area contributed by atoms with Gasteiger partial charge in [0, 0.05) is 17.8 Å². The Morgan fingerprint density at radius 2 is 1.93 bits per heavy atom. The number of phenolic OH excluding ortho intramolecular Hbond substituents is 1. The molecular formula is C13H15NO. The van der Waals surface area contributed by atoms with E-state index in [9.17, 15) is 5.11 Å². The van der Waals surface area contributed by atoms with Crippen LogP contribution in [0, 0.1) is 0 Å². The van der Waals surface area contributed by atoms with Gasteiger partial charge < -0.3 is 5.11 Å². The summed E-state index contributed by atoms with van der Waals surface area (Å²) in [6.45, 7) is 6.40. The lowest BCUT2D eigenvalue weighted by Crippen LogP contribution is -2.10. The van der Waals surface area contributed by atoms with Gasteiger partial charge in [-0.25, -0.2) is 0 Å². The third-order valence-corrected chi connectivity index (χ3v) is 2.60. The van der Waals surface area contributed by atoms with Crippen molar-refractivity contribution in [2.75, 3.05) is 0 Å². The van der Waals surface area contributed by atoms with Gasteiger partial charge in [0.25, 0.3) is 0 Å². The van der Waals surface area contributed by atoms with Gasteiger partial charge in [-0.05, 0) is 28.5 Å². The standard InChI is InChI=1S/C13H15NO/c1-13(2,3)10-6-9-4-5-14-8-11(9)12(15)7-10/h4-8,15H,1-3H3. The highest BCUT2D eigenvalue weighted by molar-refractivity contribution is 5.88. The van der Waals surface area contributed by atoms with Crippen LogP contribution in [0.2, 0.25) is 0 Å². The molecule has 0 unspecified atom stereocenters. The van der Waals surface area contributed by atoms with Crippen molar-refractivity contribution in [1.82, 2.24) is 4.98 Å². The summed E-state index contributed by atoms with van der Waals surface area (Å²) in [7, 11) is 0. The van der Waals surface area contributed by atoms with Crippen LogP contribution in [0.4, 0.5) is 0 Å². The molecule has 2 aromatic rings. The average molecular weight is 201 g/mol. The number of benzene rings is 1. The summed E-state index contributed by atoms with van der Waals surface area (Å²) in [6, 6.07) is 5.85. The monoisotopic (exact) mass is 201 g/mol. The fourth-order valence-corrected chi connectivity index (χ4v) is 1.61. The van der Waals surface area contributed by atoms with Crippen molar-refractivity contribution in [3.05, 3.63) is 36.2 Å². The van der Waals surface area contributed by atoms with E-state index in [4.69, 9.17) is 0 Å². The molecule has 1 aromatic heterocycles. The first-order valence-electron chi connectivity index (χ1n) is 5.06. The van der Waals surface area contributed by atoms with Gasteiger partial charge >= 0.3 is 0 Å². The van der Waals surface area contributed by atoms with Crippen molar-refractivity contribution in [3.8, 4) is 5.75 Å². The lowest BCUT2D eigenvalue weighted by Gasteiger charge is -2.20. The first-order chi connectivity index (χ1) is 6.98. The zero-order valence-corrected chi connectivity index (χ0v) is 9.28. The van der Waals surface area contributed by atoms with Crippen LogP contribution in [0.3, 0.4) is 0 Å². The lowest BCUT2D eigenvalue weighted by atomic mass is 9.86. The third kappa shape index (κ3) is 1.80. The molecule has 0 saturated heterocycles. The van der Waals surface area contributed by atoms with Crippen LogP contribution in [0.15, 0.2) is 30.6 Å². The molecule has 1 heterocycles. The number of aromatic nitrogens is 1. The highest BCUT2D eigenvalue weighted by Gasteiger charge is 2.15. The molecule has 0 atom stereocenters. The maximum atomic E-state index is 9.88. The Morgan fingerprint density at radius 1 is 1.20 bits per heavy atom. The van der Waals surface area contributed by atoms with E-state index in [0.717, 1.165) is 16.3 Å². The molecule has 78 valence electrons. The molecule has 0 fully saturated rings. The number of pyridine rings is 1. The lowest BCUT2D eigenvalue weighted by molar-refractivity contribution is 0.477. The zero-order chi connectivity index (χ0) is 11.1. The van der Waals surface area contributed by atoms with Gasteiger partial charge in [-0.15, -0.1) is 0 Å². The average Bonchev–Trinajstić information content (AvgIpc) is 2.16. The van der Waals surface area contributed by atoms with Crippen LogP contribution < -0.4 is 0 Å². The number of hydrogen-bond donors (Lipinski definition) is 1. The minimum Gasteiger partial charge on any atom is -0.507 e. The summed E-state index contributed by atoms with van der Waals surface area (Å²) in [6.07, 6.45) is 3.44. The summed E-state index contributed by atoms with van der Waals surface area (Å²) in [4.78, 5) is 4.01. The molecule has 0 aliphatic rings. The zero-order valence-electron chi connectivity index (χ0n) is 9.28. The fraction of sp³-hybridized carbons (Fsp3) is 0.308. The van der Waals surface area contributed by atoms with Gasteiger partial charge in [-0.1, -0.05) is 26.8 Å². The third-order valence-electron chi connectivity index (χ3n) is 2.60. The van der Waals surface area contributed by atoms with Crippen LogP contribution in [-0.4, -0.2) is 10.1 Å². The van der Waals surface area contributed by atoms with Crippen molar-refractivity contribution in [1.29, 1.82) is 0 Å². The van der Waals surface area contributed by atoms with E-state index >= 15 is 0 Å². The van der Waals surface area contributed by atoms with E-state index in [-0.39, 0.29) is 5.41 Å². The maximum absolute atomic E-state index is 9.88. The van der Waals surface area contributed by atoms with E-state index in [1.807, 2.05) is 12.1 Å². The molecule has 2 heteroatoms. The van der Waals surface area contributed by atoms with Crippen LogP contribution in [0.25, 0.3) is 10.8 Å². The van der Waals surface area contributed by atoms with E-state index < -0.39 is 0 Å². The molecule has 0 aliphatic heterocycles. The molecular weight excluding hydrogens is 186 g/mol. The van der Waals surface area contributed by atoms with Crippen LogP contribution in [0.1, 0.15) is 26.3 Å². The van der Waals surface area contributed by atoms with Gasteiger partial charge in [0.05, 0.1) is 0 Å². The molecule has 0 spiro atoms. The van der Waals surface area contributed by atoms with Crippen LogP contribution >= 0.6 is 0 Å². The van der Waals surface area contributed by atoms with Gasteiger partial charge in [-0.2, -0.15) is 0 Å². The summed E-state index contributed by atoms with van der Waals surface area (Å²) >= 11 is 0. The summed E-state index contributed by atoms with van der Waals surface area (Å²) in [5.41, 5.74) is 1.19. The fourth-order valence-electron chi connectivity index (χ4n) is 1.61. The summed E-state index contributed by atoms with van der Waals surface area (Å²) in [5, 5.41) is 11.7. The first-order valence-corrected chi connectivity index (χ1v) is 5.06. The van der Waals surface area contributed by atoms with E-state index in [0.29, 0.717) is 5.75 Å². The SMILES string of the molecule is CC(C)(C)c1cc(O)c2cnccc2c1. The second-order valence-corrected chi connectivity index (χ2v) is 4.84. The van der Waals surface area contributed by atoms with Gasteiger partial charge in [0.2, 0.25) is 0 Å². The van der Waals surface area contributed by atoms with Crippen molar-refractivity contribution >= 4 is 10.8 Å². The molecule has 0 bridgehead atoms. The quantitative estimate of drug-likeness (QED) is 0.709. The molecule has 0 saturated carbocycles. The minimum atomic E-state index is 0.0505. The number of rotatable bonds is 0. The molecule has 0 radical (unpaired) electrons. The Balaban J connectivity index is 2.73. The Bertz CT molecular complexity index is 497. The predicted octanol–water partition coefficient (Wildman–Crippen LogP) is 3.24. The van der Waals surface area contributed by atoms with E-state index in [2.05, 4.69) is 31.8 Å². The number of hydrogen-bond acceptors (Lipinski definition) is 2. The Hall–Kier alpha value is -1.57. The second-order valence-electron chi connectivity index (χ2n) is 4.84. The Labute approximate surface area is 89.6 Å². The van der Waals surface area contributed by atoms with Gasteiger partial charge in [0.1, 0.15) is 5.75 Å². The second kappa shape index (κ2) is 3.23. The largest absolute Gasteiger partial charge is 0.507 e. The normalized spacial score (nSPS) is 11.9. The van der Waals surface area contributed by atoms with Crippen molar-refractivity contribution in [2.45, 2.75) is 26.2 Å². The molecule has 0 amide bonds. The van der Waals surface area contributed by atoms with Crippen molar-refractivity contribution < 1.29 is 5.11 Å². The van der Waals surface area contributed by atoms with Gasteiger partial charge in [-0.3, -0.25) is 4.98 Å². The highest BCUT2D eigenvalue weighted by atomic mass is 16.3. The summed E-state index contributed by atoms with van der Waals surface area (Å²) < 4.78 is 0. The molecule has 15 heavy (non-hydrogen) atoms. The number of phenols is 1. The highest BCUT2D eigenvalue weighted by Crippen LogP contribution is 2.31. The van der Waals surface area contributed by atoms with E-state index in [1.165, 1.54) is 0 Å². The van der Waals surface area contributed by atoms with Crippen LogP contribution in [0.5, 0.6) is 5.75 Å². The Kier molecular flexibility index (Phi) is 2.14. The topological polar surface area (TPSA) is 33.1 Å². The minimum absolute atomic E-state index is 0.0505. The van der Waals surface area contributed by atoms with Crippen molar-refractivity contribution in [2.24, 2.45) is 0 Å². The number of nitrogens with zero attached hydrogens (tertiary/aromatic N) is 1. The number of fused-ring (bicyclic) bond motifs is 1. The smallest absolute Gasteiger partial charge is 0.125 e. The maximum Gasteiger partial charge on any atom is 0.125 e. The van der Waals surface area contributed by atoms with Crippen molar-refractivity contribution in [3.63, 3.8) is 0 Å². The molecule has 2 nitrogen and oxygen atoms in total. The molecule has 1 aromatic carbocycles. The van der Waals surface area contributed by atoms with Crippen LogP contribution in [-0.2, 0) is 5.41 Å².